The van der Waals surface area contributed by atoms with Crippen molar-refractivity contribution in [2.24, 2.45) is 0 Å². The summed E-state index contributed by atoms with van der Waals surface area (Å²) in [6, 6.07) is 5.50. The fourth-order valence-electron chi connectivity index (χ4n) is 2.19. The van der Waals surface area contributed by atoms with Gasteiger partial charge in [-0.2, -0.15) is 0 Å². The quantitative estimate of drug-likeness (QED) is 0.802. The maximum atomic E-state index is 4.65. The van der Waals surface area contributed by atoms with Crippen molar-refractivity contribution in [1.82, 2.24) is 10.3 Å². The third-order valence-corrected chi connectivity index (χ3v) is 3.74. The molecule has 0 radical (unpaired) electrons. The Kier molecular flexibility index (Phi) is 4.59. The van der Waals surface area contributed by atoms with E-state index in [1.165, 1.54) is 31.2 Å². The Morgan fingerprint density at radius 3 is 2.72 bits per heavy atom. The normalized spacial score (nSPS) is 16.6. The second-order valence-electron chi connectivity index (χ2n) is 5.24. The first kappa shape index (κ1) is 13.3. The number of hydrogen-bond acceptors (Lipinski definition) is 3. The van der Waals surface area contributed by atoms with Gasteiger partial charge in [0.25, 0.3) is 0 Å². The molecule has 0 amide bonds. The maximum Gasteiger partial charge on any atom is 0.128 e. The zero-order valence-electron chi connectivity index (χ0n) is 11.8. The molecule has 2 rings (SSSR count). The van der Waals surface area contributed by atoms with Crippen LogP contribution in [0.1, 0.15) is 51.1 Å². The predicted molar refractivity (Wildman–Crippen MR) is 77.0 cm³/mol. The number of aromatic nitrogens is 1. The average Bonchev–Trinajstić information content (AvgIpc) is 3.24. The highest BCUT2D eigenvalue weighted by molar-refractivity contribution is 5.42. The predicted octanol–water partition coefficient (Wildman–Crippen LogP) is 3.13. The van der Waals surface area contributed by atoms with Gasteiger partial charge in [-0.05, 0) is 44.9 Å². The molecule has 1 aliphatic rings. The molecule has 1 atom stereocenters. The minimum Gasteiger partial charge on any atom is -0.354 e. The zero-order chi connectivity index (χ0) is 13.0. The van der Waals surface area contributed by atoms with Gasteiger partial charge in [-0.15, -0.1) is 0 Å². The van der Waals surface area contributed by atoms with Gasteiger partial charge in [0.1, 0.15) is 5.82 Å². The van der Waals surface area contributed by atoms with Crippen LogP contribution >= 0.6 is 0 Å². The molecule has 3 heteroatoms. The van der Waals surface area contributed by atoms with Crippen molar-refractivity contribution in [3.05, 3.63) is 23.9 Å². The van der Waals surface area contributed by atoms with Crippen LogP contribution in [0.4, 0.5) is 5.82 Å². The van der Waals surface area contributed by atoms with Crippen molar-refractivity contribution < 1.29 is 0 Å². The lowest BCUT2D eigenvalue weighted by molar-refractivity contribution is 0.648. The minimum absolute atomic E-state index is 0.372. The highest BCUT2D eigenvalue weighted by Crippen LogP contribution is 2.31. The van der Waals surface area contributed by atoms with Gasteiger partial charge in [0.15, 0.2) is 0 Å². The molecule has 1 saturated carbocycles. The third-order valence-electron chi connectivity index (χ3n) is 3.74. The summed E-state index contributed by atoms with van der Waals surface area (Å²) in [5.41, 5.74) is 1.26. The van der Waals surface area contributed by atoms with Crippen LogP contribution in [0.3, 0.4) is 0 Å². The first-order chi connectivity index (χ1) is 8.76. The Labute approximate surface area is 111 Å². The number of anilines is 1. The number of unbranched alkanes of at least 4 members (excludes halogenated alkanes) is 1. The van der Waals surface area contributed by atoms with E-state index in [1.807, 2.05) is 13.2 Å². The molecule has 1 aromatic rings. The molecule has 3 nitrogen and oxygen atoms in total. The molecule has 0 aliphatic heterocycles. The number of rotatable bonds is 7. The smallest absolute Gasteiger partial charge is 0.128 e. The Bertz CT molecular complexity index is 357. The van der Waals surface area contributed by atoms with Crippen LogP contribution in [0.25, 0.3) is 0 Å². The molecule has 1 fully saturated rings. The molecule has 1 unspecified atom stereocenters. The van der Waals surface area contributed by atoms with Gasteiger partial charge < -0.3 is 10.2 Å². The van der Waals surface area contributed by atoms with Crippen LogP contribution in [0.2, 0.25) is 0 Å². The second kappa shape index (κ2) is 6.19. The summed E-state index contributed by atoms with van der Waals surface area (Å²) in [7, 11) is 1.98. The summed E-state index contributed by atoms with van der Waals surface area (Å²) in [4.78, 5) is 7.13. The lowest BCUT2D eigenvalue weighted by Gasteiger charge is -2.23. The van der Waals surface area contributed by atoms with E-state index < -0.39 is 0 Å². The maximum absolute atomic E-state index is 4.65. The molecule has 0 bridgehead atoms. The summed E-state index contributed by atoms with van der Waals surface area (Å²) >= 11 is 0. The lowest BCUT2D eigenvalue weighted by atomic mass is 10.1. The third kappa shape index (κ3) is 3.22. The van der Waals surface area contributed by atoms with E-state index in [-0.39, 0.29) is 0 Å². The van der Waals surface area contributed by atoms with Crippen molar-refractivity contribution in [3.8, 4) is 0 Å². The summed E-state index contributed by atoms with van der Waals surface area (Å²) in [6.07, 6.45) is 7.18. The van der Waals surface area contributed by atoms with Gasteiger partial charge in [0, 0.05) is 24.8 Å². The molecule has 1 heterocycles. The molecule has 0 spiro atoms. The number of nitrogens with one attached hydrogen (secondary N) is 1. The van der Waals surface area contributed by atoms with Crippen molar-refractivity contribution in [1.29, 1.82) is 0 Å². The van der Waals surface area contributed by atoms with Gasteiger partial charge in [-0.1, -0.05) is 19.4 Å². The molecule has 1 aliphatic carbocycles. The summed E-state index contributed by atoms with van der Waals surface area (Å²) in [5, 5.41) is 3.25. The SMILES string of the molecule is CCCCN(c1ccc(C(C)NC)cn1)C1CC1. The van der Waals surface area contributed by atoms with E-state index in [1.54, 1.807) is 0 Å². The van der Waals surface area contributed by atoms with Crippen LogP contribution in [-0.2, 0) is 0 Å². The van der Waals surface area contributed by atoms with Gasteiger partial charge >= 0.3 is 0 Å². The fraction of sp³-hybridized carbons (Fsp3) is 0.667. The summed E-state index contributed by atoms with van der Waals surface area (Å²) in [6.45, 7) is 5.55. The number of pyridine rings is 1. The van der Waals surface area contributed by atoms with Crippen LogP contribution < -0.4 is 10.2 Å². The molecule has 1 aromatic heterocycles. The van der Waals surface area contributed by atoms with Gasteiger partial charge in [0.2, 0.25) is 0 Å². The number of hydrogen-bond donors (Lipinski definition) is 1. The molecule has 0 saturated heterocycles. The fourth-order valence-corrected chi connectivity index (χ4v) is 2.19. The van der Waals surface area contributed by atoms with Crippen molar-refractivity contribution >= 4 is 5.82 Å². The van der Waals surface area contributed by atoms with Crippen LogP contribution in [0.5, 0.6) is 0 Å². The van der Waals surface area contributed by atoms with Crippen LogP contribution in [0.15, 0.2) is 18.3 Å². The monoisotopic (exact) mass is 247 g/mol. The van der Waals surface area contributed by atoms with Crippen molar-refractivity contribution in [2.45, 2.75) is 51.6 Å². The van der Waals surface area contributed by atoms with E-state index in [2.05, 4.69) is 41.2 Å². The number of nitrogens with zero attached hydrogens (tertiary/aromatic N) is 2. The largest absolute Gasteiger partial charge is 0.354 e. The molecule has 1 N–H and O–H groups in total. The first-order valence-electron chi connectivity index (χ1n) is 7.16. The summed E-state index contributed by atoms with van der Waals surface area (Å²) < 4.78 is 0. The topological polar surface area (TPSA) is 28.2 Å². The lowest BCUT2D eigenvalue weighted by Crippen LogP contribution is -2.27. The Morgan fingerprint density at radius 2 is 2.22 bits per heavy atom. The van der Waals surface area contributed by atoms with E-state index in [4.69, 9.17) is 0 Å². The Morgan fingerprint density at radius 1 is 1.44 bits per heavy atom. The zero-order valence-corrected chi connectivity index (χ0v) is 11.8. The van der Waals surface area contributed by atoms with Gasteiger partial charge in [-0.3, -0.25) is 0 Å². The average molecular weight is 247 g/mol. The van der Waals surface area contributed by atoms with Crippen molar-refractivity contribution in [3.63, 3.8) is 0 Å². The molecule has 0 aromatic carbocycles. The molecular formula is C15H25N3. The Hall–Kier alpha value is -1.09. The van der Waals surface area contributed by atoms with Gasteiger partial charge in [-0.25, -0.2) is 4.98 Å². The van der Waals surface area contributed by atoms with Crippen LogP contribution in [0, 0.1) is 0 Å². The van der Waals surface area contributed by atoms with E-state index in [0.29, 0.717) is 6.04 Å². The van der Waals surface area contributed by atoms with Crippen LogP contribution in [-0.4, -0.2) is 24.6 Å². The van der Waals surface area contributed by atoms with Crippen molar-refractivity contribution in [2.75, 3.05) is 18.5 Å². The standard InChI is InChI=1S/C15H25N3/c1-4-5-10-18(14-7-8-14)15-9-6-13(11-17-15)12(2)16-3/h6,9,11-12,14,16H,4-5,7-8,10H2,1-3H3. The Balaban J connectivity index is 2.05. The molecular weight excluding hydrogens is 222 g/mol. The summed E-state index contributed by atoms with van der Waals surface area (Å²) in [5.74, 6) is 1.15. The second-order valence-corrected chi connectivity index (χ2v) is 5.24. The van der Waals surface area contributed by atoms with E-state index in [9.17, 15) is 0 Å². The van der Waals surface area contributed by atoms with E-state index in [0.717, 1.165) is 18.4 Å². The molecule has 18 heavy (non-hydrogen) atoms. The van der Waals surface area contributed by atoms with E-state index >= 15 is 0 Å². The minimum atomic E-state index is 0.372. The first-order valence-corrected chi connectivity index (χ1v) is 7.16. The highest BCUT2D eigenvalue weighted by Gasteiger charge is 2.29. The highest BCUT2D eigenvalue weighted by atomic mass is 15.2. The molecule has 100 valence electrons. The van der Waals surface area contributed by atoms with Gasteiger partial charge in [0.05, 0.1) is 0 Å².